The number of methoxy groups -OCH3 is 3. The number of fused-ring (bicyclic) bond motifs is 3. The average Bonchev–Trinajstić information content (AvgIpc) is 3.46. The smallest absolute Gasteiger partial charge is 0.227 e. The van der Waals surface area contributed by atoms with Crippen LogP contribution in [0.25, 0.3) is 10.2 Å². The lowest BCUT2D eigenvalue weighted by atomic mass is 9.79. The fraction of sp³-hybridized carbons (Fsp3) is 0.440. The van der Waals surface area contributed by atoms with E-state index in [4.69, 9.17) is 24.0 Å². The highest BCUT2D eigenvalue weighted by atomic mass is 32.1. The summed E-state index contributed by atoms with van der Waals surface area (Å²) in [5.74, 6) is 3.58. The van der Waals surface area contributed by atoms with Crippen molar-refractivity contribution in [2.75, 3.05) is 41.0 Å². The zero-order chi connectivity index (χ0) is 23.3. The first kappa shape index (κ1) is 21.5. The van der Waals surface area contributed by atoms with Gasteiger partial charge in [-0.15, -0.1) is 11.3 Å². The number of rotatable bonds is 6. The maximum atomic E-state index is 6.38. The van der Waals surface area contributed by atoms with E-state index in [1.807, 2.05) is 30.3 Å². The molecule has 0 amide bonds. The number of amidine groups is 1. The Bertz CT molecular complexity index is 1250. The molecule has 4 aliphatic heterocycles. The van der Waals surface area contributed by atoms with Crippen molar-refractivity contribution in [2.45, 2.75) is 25.1 Å². The molecule has 1 atom stereocenters. The van der Waals surface area contributed by atoms with E-state index in [-0.39, 0.29) is 0 Å². The average molecular weight is 481 g/mol. The Labute approximate surface area is 202 Å². The lowest BCUT2D eigenvalue weighted by molar-refractivity contribution is -0.198. The van der Waals surface area contributed by atoms with E-state index in [2.05, 4.69) is 21.0 Å². The van der Waals surface area contributed by atoms with Crippen LogP contribution in [0.15, 0.2) is 41.6 Å². The molecule has 2 bridgehead atoms. The Hall–Kier alpha value is -3.04. The van der Waals surface area contributed by atoms with Crippen LogP contribution in [0.4, 0.5) is 0 Å². The van der Waals surface area contributed by atoms with Crippen molar-refractivity contribution >= 4 is 27.4 Å². The summed E-state index contributed by atoms with van der Waals surface area (Å²) in [5.41, 5.74) is 1.49. The van der Waals surface area contributed by atoms with E-state index >= 15 is 0 Å². The normalized spacial score (nSPS) is 25.5. The van der Waals surface area contributed by atoms with E-state index in [0.29, 0.717) is 12.5 Å². The molecular weight excluding hydrogens is 452 g/mol. The molecule has 178 valence electrons. The molecule has 3 fully saturated rings. The third-order valence-electron chi connectivity index (χ3n) is 7.29. The Morgan fingerprint density at radius 3 is 2.50 bits per heavy atom. The second-order valence-electron chi connectivity index (χ2n) is 9.02. The minimum atomic E-state index is -0.494. The van der Waals surface area contributed by atoms with Gasteiger partial charge >= 0.3 is 0 Å². The third-order valence-corrected chi connectivity index (χ3v) is 8.30. The molecule has 3 saturated heterocycles. The van der Waals surface area contributed by atoms with Gasteiger partial charge in [-0.3, -0.25) is 4.90 Å². The van der Waals surface area contributed by atoms with Gasteiger partial charge in [-0.2, -0.15) is 0 Å². The van der Waals surface area contributed by atoms with Gasteiger partial charge in [0.05, 0.1) is 44.6 Å². The molecule has 1 aromatic heterocycles. The SMILES string of the molecule is COc1ccc(CN2C(c3nc4ccc(OC)cc4s3)=NOC23CN2CCC3CC2)c(OC)c1. The van der Waals surface area contributed by atoms with Crippen LogP contribution in [0.1, 0.15) is 23.4 Å². The Kier molecular flexibility index (Phi) is 5.26. The topological polar surface area (TPSA) is 68.7 Å². The van der Waals surface area contributed by atoms with Gasteiger partial charge in [0.15, 0.2) is 5.01 Å². The Balaban J connectivity index is 1.42. The number of nitrogens with zero attached hydrogens (tertiary/aromatic N) is 4. The highest BCUT2D eigenvalue weighted by Crippen LogP contribution is 2.46. The first-order chi connectivity index (χ1) is 16.6. The Morgan fingerprint density at radius 1 is 1.03 bits per heavy atom. The van der Waals surface area contributed by atoms with E-state index in [0.717, 1.165) is 76.3 Å². The molecule has 5 heterocycles. The minimum absolute atomic E-state index is 0.414. The zero-order valence-corrected chi connectivity index (χ0v) is 20.4. The number of piperidine rings is 3. The van der Waals surface area contributed by atoms with Gasteiger partial charge < -0.3 is 23.9 Å². The maximum absolute atomic E-state index is 6.38. The van der Waals surface area contributed by atoms with Crippen LogP contribution >= 0.6 is 11.3 Å². The van der Waals surface area contributed by atoms with Crippen LogP contribution in [0.5, 0.6) is 17.2 Å². The molecule has 4 aliphatic rings. The van der Waals surface area contributed by atoms with Gasteiger partial charge in [-0.25, -0.2) is 4.98 Å². The molecule has 2 aromatic carbocycles. The predicted molar refractivity (Wildman–Crippen MR) is 131 cm³/mol. The lowest BCUT2D eigenvalue weighted by Crippen LogP contribution is -2.66. The molecule has 1 unspecified atom stereocenters. The summed E-state index contributed by atoms with van der Waals surface area (Å²) in [4.78, 5) is 16.1. The van der Waals surface area contributed by atoms with Crippen LogP contribution in [-0.4, -0.2) is 67.3 Å². The molecule has 34 heavy (non-hydrogen) atoms. The molecule has 0 N–H and O–H groups in total. The predicted octanol–water partition coefficient (Wildman–Crippen LogP) is 3.94. The number of oxime groups is 1. The summed E-state index contributed by atoms with van der Waals surface area (Å²) in [6.45, 7) is 3.68. The summed E-state index contributed by atoms with van der Waals surface area (Å²) < 4.78 is 17.6. The first-order valence-corrected chi connectivity index (χ1v) is 12.4. The summed E-state index contributed by atoms with van der Waals surface area (Å²) in [6.07, 6.45) is 2.21. The minimum Gasteiger partial charge on any atom is -0.497 e. The van der Waals surface area contributed by atoms with Gasteiger partial charge in [0.1, 0.15) is 17.2 Å². The third kappa shape index (κ3) is 3.37. The van der Waals surface area contributed by atoms with Crippen molar-refractivity contribution in [1.29, 1.82) is 0 Å². The number of hydrogen-bond donors (Lipinski definition) is 0. The molecule has 0 radical (unpaired) electrons. The first-order valence-electron chi connectivity index (χ1n) is 11.6. The van der Waals surface area contributed by atoms with Crippen molar-refractivity contribution in [3.63, 3.8) is 0 Å². The zero-order valence-electron chi connectivity index (χ0n) is 19.6. The summed E-state index contributed by atoms with van der Waals surface area (Å²) in [7, 11) is 5.04. The second-order valence-corrected chi connectivity index (χ2v) is 10.0. The molecule has 0 aliphatic carbocycles. The Morgan fingerprint density at radius 2 is 1.79 bits per heavy atom. The molecule has 8 nitrogen and oxygen atoms in total. The summed E-state index contributed by atoms with van der Waals surface area (Å²) in [5, 5.41) is 5.52. The summed E-state index contributed by atoms with van der Waals surface area (Å²) in [6, 6.07) is 11.9. The highest BCUT2D eigenvalue weighted by molar-refractivity contribution is 7.20. The molecule has 9 heteroatoms. The molecule has 3 aromatic rings. The molecule has 1 spiro atoms. The van der Waals surface area contributed by atoms with Crippen molar-refractivity contribution in [2.24, 2.45) is 11.1 Å². The van der Waals surface area contributed by atoms with Crippen molar-refractivity contribution < 1.29 is 19.0 Å². The van der Waals surface area contributed by atoms with Gasteiger partial charge in [-0.05, 0) is 56.3 Å². The maximum Gasteiger partial charge on any atom is 0.227 e. The number of thiazole rings is 1. The van der Waals surface area contributed by atoms with Crippen molar-refractivity contribution in [1.82, 2.24) is 14.8 Å². The van der Waals surface area contributed by atoms with Crippen LogP contribution in [0.2, 0.25) is 0 Å². The number of benzene rings is 2. The van der Waals surface area contributed by atoms with Crippen LogP contribution < -0.4 is 14.2 Å². The molecular formula is C25H28N4O4S. The van der Waals surface area contributed by atoms with Crippen LogP contribution in [0, 0.1) is 5.92 Å². The number of ether oxygens (including phenoxy) is 3. The fourth-order valence-corrected chi connectivity index (χ4v) is 6.43. The fourth-order valence-electron chi connectivity index (χ4n) is 5.44. The summed E-state index contributed by atoms with van der Waals surface area (Å²) >= 11 is 1.61. The van der Waals surface area contributed by atoms with E-state index in [9.17, 15) is 0 Å². The van der Waals surface area contributed by atoms with Crippen molar-refractivity contribution in [3.8, 4) is 17.2 Å². The highest BCUT2D eigenvalue weighted by Gasteiger charge is 2.57. The second kappa shape index (κ2) is 8.32. The van der Waals surface area contributed by atoms with E-state index in [1.54, 1.807) is 32.7 Å². The van der Waals surface area contributed by atoms with Crippen LogP contribution in [0.3, 0.4) is 0 Å². The van der Waals surface area contributed by atoms with Gasteiger partial charge in [-0.1, -0.05) is 5.16 Å². The van der Waals surface area contributed by atoms with Crippen molar-refractivity contribution in [3.05, 3.63) is 47.0 Å². The number of hydrogen-bond acceptors (Lipinski definition) is 9. The monoisotopic (exact) mass is 480 g/mol. The largest absolute Gasteiger partial charge is 0.497 e. The molecule has 7 rings (SSSR count). The number of aromatic nitrogens is 1. The van der Waals surface area contributed by atoms with Gasteiger partial charge in [0.25, 0.3) is 0 Å². The van der Waals surface area contributed by atoms with E-state index in [1.165, 1.54) is 0 Å². The van der Waals surface area contributed by atoms with Crippen LogP contribution in [-0.2, 0) is 11.4 Å². The quantitative estimate of drug-likeness (QED) is 0.529. The van der Waals surface area contributed by atoms with Gasteiger partial charge in [0, 0.05) is 17.5 Å². The molecule has 0 saturated carbocycles. The van der Waals surface area contributed by atoms with Gasteiger partial charge in [0.2, 0.25) is 11.6 Å². The van der Waals surface area contributed by atoms with E-state index < -0.39 is 5.72 Å². The standard InChI is InChI=1S/C25H28N4O4S/c1-30-18-5-4-16(21(12-18)32-3)14-29-23(24-26-20-7-6-19(31-2)13-22(20)34-24)27-33-25(29)15-28-10-8-17(25)9-11-28/h4-7,12-13,17H,8-11,14-15H2,1-3H3. The lowest BCUT2D eigenvalue weighted by Gasteiger charge is -2.53.